The number of hydrogen-bond acceptors (Lipinski definition) is 3. The number of nitrogens with zero attached hydrogens (tertiary/aromatic N) is 1. The zero-order chi connectivity index (χ0) is 18.0. The number of methoxy groups -OCH3 is 1. The van der Waals surface area contributed by atoms with Crippen LogP contribution in [0.4, 0.5) is 9.18 Å². The lowest BCUT2D eigenvalue weighted by atomic mass is 9.99. The second-order valence-corrected chi connectivity index (χ2v) is 6.18. The third-order valence-electron chi connectivity index (χ3n) is 4.49. The van der Waals surface area contributed by atoms with E-state index in [1.165, 1.54) is 19.2 Å². The largest absolute Gasteiger partial charge is 0.508 e. The summed E-state index contributed by atoms with van der Waals surface area (Å²) in [5.41, 5.74) is 2.67. The number of fused-ring (bicyclic) bond motifs is 1. The lowest BCUT2D eigenvalue weighted by Gasteiger charge is -2.30. The molecule has 1 heterocycles. The molecule has 2 aromatic carbocycles. The van der Waals surface area contributed by atoms with Crippen LogP contribution in [0.25, 0.3) is 0 Å². The van der Waals surface area contributed by atoms with Gasteiger partial charge in [0.15, 0.2) is 0 Å². The molecular weight excluding hydrogens is 323 g/mol. The molecule has 3 rings (SSSR count). The van der Waals surface area contributed by atoms with Gasteiger partial charge in [-0.2, -0.15) is 0 Å². The number of carbonyl (C=O) groups is 1. The van der Waals surface area contributed by atoms with E-state index in [9.17, 15) is 14.3 Å². The molecule has 0 bridgehead atoms. The van der Waals surface area contributed by atoms with Gasteiger partial charge < -0.3 is 20.1 Å². The predicted octanol–water partition coefficient (Wildman–Crippen LogP) is 3.37. The highest BCUT2D eigenvalue weighted by Crippen LogP contribution is 2.27. The summed E-state index contributed by atoms with van der Waals surface area (Å²) in [7, 11) is 1.51. The zero-order valence-corrected chi connectivity index (χ0v) is 14.3. The van der Waals surface area contributed by atoms with Crippen LogP contribution in [0.2, 0.25) is 0 Å². The van der Waals surface area contributed by atoms with Crippen molar-refractivity contribution in [1.82, 2.24) is 10.2 Å². The number of nitrogens with one attached hydrogen (secondary N) is 1. The first kappa shape index (κ1) is 17.1. The first-order chi connectivity index (χ1) is 12.0. The predicted molar refractivity (Wildman–Crippen MR) is 92.1 cm³/mol. The van der Waals surface area contributed by atoms with Gasteiger partial charge in [0, 0.05) is 18.7 Å². The number of phenolic OH excluding ortho intramolecular Hbond substituents is 1. The van der Waals surface area contributed by atoms with Crippen molar-refractivity contribution in [3.05, 3.63) is 58.9 Å². The highest BCUT2D eigenvalue weighted by molar-refractivity contribution is 5.75. The van der Waals surface area contributed by atoms with Crippen molar-refractivity contribution in [2.24, 2.45) is 0 Å². The normalized spacial score (nSPS) is 14.6. The molecule has 6 heteroatoms. The van der Waals surface area contributed by atoms with E-state index in [1.807, 2.05) is 6.07 Å². The third-order valence-corrected chi connectivity index (χ3v) is 4.49. The number of rotatable bonds is 3. The molecule has 2 aromatic rings. The number of phenols is 1. The summed E-state index contributed by atoms with van der Waals surface area (Å²) in [6.07, 6.45) is 0.737. The monoisotopic (exact) mass is 344 g/mol. The van der Waals surface area contributed by atoms with Crippen molar-refractivity contribution in [3.8, 4) is 11.5 Å². The fourth-order valence-electron chi connectivity index (χ4n) is 3.11. The molecule has 2 amide bonds. The Bertz CT molecular complexity index is 794. The fraction of sp³-hybridized carbons (Fsp3) is 0.316. The second kappa shape index (κ2) is 7.01. The van der Waals surface area contributed by atoms with Gasteiger partial charge in [-0.1, -0.05) is 6.07 Å². The van der Waals surface area contributed by atoms with Gasteiger partial charge in [0.05, 0.1) is 13.2 Å². The van der Waals surface area contributed by atoms with Crippen molar-refractivity contribution >= 4 is 6.03 Å². The average Bonchev–Trinajstić information content (AvgIpc) is 2.60. The minimum Gasteiger partial charge on any atom is -0.508 e. The van der Waals surface area contributed by atoms with Crippen LogP contribution in [-0.2, 0) is 13.0 Å². The average molecular weight is 344 g/mol. The molecule has 0 saturated heterocycles. The molecule has 5 nitrogen and oxygen atoms in total. The van der Waals surface area contributed by atoms with Crippen LogP contribution < -0.4 is 10.1 Å². The van der Waals surface area contributed by atoms with Gasteiger partial charge in [0.2, 0.25) is 0 Å². The van der Waals surface area contributed by atoms with Crippen molar-refractivity contribution in [3.63, 3.8) is 0 Å². The maximum atomic E-state index is 13.5. The van der Waals surface area contributed by atoms with Gasteiger partial charge >= 0.3 is 6.03 Å². The van der Waals surface area contributed by atoms with E-state index < -0.39 is 6.04 Å². The number of ether oxygens (including phenoxy) is 1. The van der Waals surface area contributed by atoms with E-state index >= 15 is 0 Å². The Morgan fingerprint density at radius 1 is 1.28 bits per heavy atom. The van der Waals surface area contributed by atoms with E-state index in [4.69, 9.17) is 4.74 Å². The lowest BCUT2D eigenvalue weighted by molar-refractivity contribution is 0.189. The van der Waals surface area contributed by atoms with Crippen LogP contribution in [0.3, 0.4) is 0 Å². The maximum absolute atomic E-state index is 13.5. The van der Waals surface area contributed by atoms with Crippen molar-refractivity contribution in [2.75, 3.05) is 13.7 Å². The Morgan fingerprint density at radius 3 is 2.84 bits per heavy atom. The molecule has 0 radical (unpaired) electrons. The molecule has 1 unspecified atom stereocenters. The molecule has 0 aromatic heterocycles. The van der Waals surface area contributed by atoms with Crippen LogP contribution in [0.5, 0.6) is 11.5 Å². The summed E-state index contributed by atoms with van der Waals surface area (Å²) in [4.78, 5) is 14.3. The van der Waals surface area contributed by atoms with Crippen molar-refractivity contribution in [2.45, 2.75) is 25.9 Å². The molecule has 0 saturated carbocycles. The number of halogens is 1. The standard InChI is InChI=1S/C19H21FN2O3/c1-12(17-10-15(20)4-6-18(17)25-2)21-19(24)22-8-7-13-3-5-16(23)9-14(13)11-22/h3-6,9-10,12,23H,7-8,11H2,1-2H3,(H,21,24). The summed E-state index contributed by atoms with van der Waals surface area (Å²) in [6.45, 7) is 2.82. The van der Waals surface area contributed by atoms with Crippen LogP contribution in [0, 0.1) is 5.82 Å². The zero-order valence-electron chi connectivity index (χ0n) is 14.3. The second-order valence-electron chi connectivity index (χ2n) is 6.18. The molecule has 1 atom stereocenters. The molecule has 2 N–H and O–H groups in total. The minimum atomic E-state index is -0.399. The highest BCUT2D eigenvalue weighted by Gasteiger charge is 2.23. The maximum Gasteiger partial charge on any atom is 0.318 e. The topological polar surface area (TPSA) is 61.8 Å². The quantitative estimate of drug-likeness (QED) is 0.897. The Balaban J connectivity index is 1.71. The van der Waals surface area contributed by atoms with Crippen LogP contribution in [0.1, 0.15) is 29.7 Å². The van der Waals surface area contributed by atoms with Gasteiger partial charge in [0.1, 0.15) is 17.3 Å². The Hall–Kier alpha value is -2.76. The summed E-state index contributed by atoms with van der Waals surface area (Å²) < 4.78 is 18.8. The van der Waals surface area contributed by atoms with Crippen LogP contribution in [0.15, 0.2) is 36.4 Å². The lowest BCUT2D eigenvalue weighted by Crippen LogP contribution is -2.43. The molecule has 25 heavy (non-hydrogen) atoms. The van der Waals surface area contributed by atoms with Crippen LogP contribution in [-0.4, -0.2) is 29.7 Å². The van der Waals surface area contributed by atoms with Gasteiger partial charge in [0.25, 0.3) is 0 Å². The Morgan fingerprint density at radius 2 is 2.08 bits per heavy atom. The smallest absolute Gasteiger partial charge is 0.318 e. The molecule has 0 spiro atoms. The number of benzene rings is 2. The van der Waals surface area contributed by atoms with E-state index in [0.717, 1.165) is 17.5 Å². The molecule has 0 fully saturated rings. The summed E-state index contributed by atoms with van der Waals surface area (Å²) >= 11 is 0. The van der Waals surface area contributed by atoms with Crippen molar-refractivity contribution in [1.29, 1.82) is 0 Å². The van der Waals surface area contributed by atoms with Gasteiger partial charge in [-0.25, -0.2) is 9.18 Å². The SMILES string of the molecule is COc1ccc(F)cc1C(C)NC(=O)N1CCc2ccc(O)cc2C1. The number of amides is 2. The van der Waals surface area contributed by atoms with Crippen LogP contribution >= 0.6 is 0 Å². The molecule has 1 aliphatic heterocycles. The number of hydrogen-bond donors (Lipinski definition) is 2. The summed E-state index contributed by atoms with van der Waals surface area (Å²) in [5, 5.41) is 12.5. The molecular formula is C19H21FN2O3. The first-order valence-corrected chi connectivity index (χ1v) is 8.17. The van der Waals surface area contributed by atoms with Gasteiger partial charge in [-0.05, 0) is 54.8 Å². The van der Waals surface area contributed by atoms with E-state index in [2.05, 4.69) is 5.32 Å². The fourth-order valence-corrected chi connectivity index (χ4v) is 3.11. The number of urea groups is 1. The van der Waals surface area contributed by atoms with E-state index in [1.54, 1.807) is 30.0 Å². The summed E-state index contributed by atoms with van der Waals surface area (Å²) in [6, 6.07) is 8.85. The van der Waals surface area contributed by atoms with E-state index in [-0.39, 0.29) is 17.6 Å². The number of aromatic hydroxyl groups is 1. The summed E-state index contributed by atoms with van der Waals surface area (Å²) in [5.74, 6) is 0.348. The minimum absolute atomic E-state index is 0.193. The van der Waals surface area contributed by atoms with Gasteiger partial charge in [-0.15, -0.1) is 0 Å². The van der Waals surface area contributed by atoms with Crippen molar-refractivity contribution < 1.29 is 19.0 Å². The number of carbonyl (C=O) groups excluding carboxylic acids is 1. The molecule has 132 valence electrons. The first-order valence-electron chi connectivity index (χ1n) is 8.17. The molecule has 1 aliphatic rings. The Labute approximate surface area is 146 Å². The van der Waals surface area contributed by atoms with E-state index in [0.29, 0.717) is 24.4 Å². The van der Waals surface area contributed by atoms with Gasteiger partial charge in [-0.3, -0.25) is 0 Å². The highest BCUT2D eigenvalue weighted by atomic mass is 19.1. The Kier molecular flexibility index (Phi) is 4.79. The molecule has 0 aliphatic carbocycles. The third kappa shape index (κ3) is 3.68.